The lowest BCUT2D eigenvalue weighted by Crippen LogP contribution is -1.96. The van der Waals surface area contributed by atoms with Gasteiger partial charge in [0.2, 0.25) is 0 Å². The highest BCUT2D eigenvalue weighted by Crippen LogP contribution is 2.42. The van der Waals surface area contributed by atoms with Crippen LogP contribution >= 0.6 is 11.3 Å². The normalized spacial score (nSPS) is 13.9. The number of hydrogen-bond acceptors (Lipinski definition) is 4. The summed E-state index contributed by atoms with van der Waals surface area (Å²) in [6.45, 7) is 6.40. The second kappa shape index (κ2) is 7.99. The zero-order chi connectivity index (χ0) is 24.1. The number of allylic oxidation sites excluding steroid dienone is 3. The quantitative estimate of drug-likeness (QED) is 0.241. The molecule has 1 aliphatic carbocycles. The molecule has 0 saturated carbocycles. The van der Waals surface area contributed by atoms with Crippen LogP contribution in [0.15, 0.2) is 59.7 Å². The SMILES string of the molecule is Cc1cc(C)c(-c2cc3sc(/C=C4\C(=O)c5ccccc5C4=C(C#N)C#N)cc3n2C)c(C)c1. The summed E-state index contributed by atoms with van der Waals surface area (Å²) < 4.78 is 3.31. The average molecular weight is 460 g/mol. The molecule has 0 unspecified atom stereocenters. The third-order valence-electron chi connectivity index (χ3n) is 6.40. The number of Topliss-reactive ketones (excluding diaryl/α,β-unsaturated/α-hetero) is 1. The fourth-order valence-electron chi connectivity index (χ4n) is 5.01. The number of thiophene rings is 1. The van der Waals surface area contributed by atoms with Crippen LogP contribution in [0.4, 0.5) is 0 Å². The summed E-state index contributed by atoms with van der Waals surface area (Å²) in [4.78, 5) is 14.1. The standard InChI is InChI=1S/C29H21N3OS/c1-16-9-17(2)27(18(3)10-16)25-13-26-24(32(25)4)12-20(34-26)11-23-28(19(14-30)15-31)21-7-5-6-8-22(21)29(23)33/h5-13H,1-4H3/b23-11-. The van der Waals surface area contributed by atoms with Crippen LogP contribution in [0.3, 0.4) is 0 Å². The van der Waals surface area contributed by atoms with Crippen molar-refractivity contribution in [2.45, 2.75) is 20.8 Å². The van der Waals surface area contributed by atoms with Crippen molar-refractivity contribution in [1.29, 1.82) is 10.5 Å². The maximum absolute atomic E-state index is 13.2. The van der Waals surface area contributed by atoms with Crippen molar-refractivity contribution < 1.29 is 4.79 Å². The lowest BCUT2D eigenvalue weighted by atomic mass is 9.97. The Morgan fingerprint density at radius 3 is 2.24 bits per heavy atom. The summed E-state index contributed by atoms with van der Waals surface area (Å²) in [6, 6.07) is 19.8. The van der Waals surface area contributed by atoms with E-state index in [-0.39, 0.29) is 11.4 Å². The highest BCUT2D eigenvalue weighted by molar-refractivity contribution is 7.19. The molecule has 34 heavy (non-hydrogen) atoms. The number of carbonyl (C=O) groups is 1. The van der Waals surface area contributed by atoms with Gasteiger partial charge in [0.15, 0.2) is 5.78 Å². The van der Waals surface area contributed by atoms with Crippen LogP contribution in [0.5, 0.6) is 0 Å². The molecule has 0 N–H and O–H groups in total. The third-order valence-corrected chi connectivity index (χ3v) is 7.42. The summed E-state index contributed by atoms with van der Waals surface area (Å²) in [7, 11) is 2.06. The molecule has 164 valence electrons. The summed E-state index contributed by atoms with van der Waals surface area (Å²) in [5.74, 6) is -0.155. The first-order valence-corrected chi connectivity index (χ1v) is 11.7. The van der Waals surface area contributed by atoms with Gasteiger partial charge in [-0.2, -0.15) is 10.5 Å². The predicted molar refractivity (Wildman–Crippen MR) is 137 cm³/mol. The first kappa shape index (κ1) is 21.6. The number of aryl methyl sites for hydroxylation is 4. The Labute approximate surface area is 202 Å². The molecule has 0 radical (unpaired) electrons. The number of ketones is 1. The van der Waals surface area contributed by atoms with Crippen molar-refractivity contribution in [1.82, 2.24) is 4.57 Å². The lowest BCUT2D eigenvalue weighted by Gasteiger charge is -2.12. The zero-order valence-corrected chi connectivity index (χ0v) is 20.2. The number of carbonyl (C=O) groups excluding carboxylic acids is 1. The molecule has 2 aromatic heterocycles. The van der Waals surface area contributed by atoms with Crippen molar-refractivity contribution in [2.75, 3.05) is 0 Å². The van der Waals surface area contributed by atoms with Crippen molar-refractivity contribution in [2.24, 2.45) is 7.05 Å². The molecule has 0 amide bonds. The number of hydrogen-bond donors (Lipinski definition) is 0. The first-order valence-electron chi connectivity index (χ1n) is 10.9. The fourth-order valence-corrected chi connectivity index (χ4v) is 6.09. The van der Waals surface area contributed by atoms with Gasteiger partial charge in [-0.3, -0.25) is 4.79 Å². The Morgan fingerprint density at radius 1 is 0.971 bits per heavy atom. The number of nitrogens with zero attached hydrogens (tertiary/aromatic N) is 3. The Morgan fingerprint density at radius 2 is 1.62 bits per heavy atom. The van der Waals surface area contributed by atoms with Crippen LogP contribution in [-0.2, 0) is 7.05 Å². The van der Waals surface area contributed by atoms with E-state index in [4.69, 9.17) is 0 Å². The Bertz CT molecular complexity index is 1640. The molecule has 4 aromatic rings. The molecular weight excluding hydrogens is 438 g/mol. The van der Waals surface area contributed by atoms with Gasteiger partial charge >= 0.3 is 0 Å². The topological polar surface area (TPSA) is 69.6 Å². The molecule has 0 bridgehead atoms. The summed E-state index contributed by atoms with van der Waals surface area (Å²) in [5, 5.41) is 19.1. The highest BCUT2D eigenvalue weighted by Gasteiger charge is 2.32. The van der Waals surface area contributed by atoms with Gasteiger partial charge < -0.3 is 4.57 Å². The van der Waals surface area contributed by atoms with E-state index in [2.05, 4.69) is 56.7 Å². The third kappa shape index (κ3) is 3.22. The van der Waals surface area contributed by atoms with Crippen LogP contribution in [0, 0.1) is 43.4 Å². The van der Waals surface area contributed by atoms with Crippen molar-refractivity contribution in [3.63, 3.8) is 0 Å². The van der Waals surface area contributed by atoms with E-state index < -0.39 is 0 Å². The van der Waals surface area contributed by atoms with Gasteiger partial charge in [-0.05, 0) is 55.7 Å². The minimum atomic E-state index is -0.155. The number of nitriles is 2. The summed E-state index contributed by atoms with van der Waals surface area (Å²) in [5.41, 5.74) is 9.20. The van der Waals surface area contributed by atoms with Crippen LogP contribution in [-0.4, -0.2) is 10.4 Å². The molecular formula is C29H21N3OS. The fraction of sp³-hybridized carbons (Fsp3) is 0.138. The van der Waals surface area contributed by atoms with Gasteiger partial charge in [0.05, 0.1) is 15.9 Å². The second-order valence-electron chi connectivity index (χ2n) is 8.67. The molecule has 2 aromatic carbocycles. The molecule has 5 heteroatoms. The second-order valence-corrected chi connectivity index (χ2v) is 9.78. The van der Waals surface area contributed by atoms with Crippen LogP contribution in [0.25, 0.3) is 33.1 Å². The molecule has 4 nitrogen and oxygen atoms in total. The van der Waals surface area contributed by atoms with Gasteiger partial charge in [-0.25, -0.2) is 0 Å². The predicted octanol–water partition coefficient (Wildman–Crippen LogP) is 6.91. The minimum Gasteiger partial charge on any atom is -0.343 e. The van der Waals surface area contributed by atoms with Gasteiger partial charge in [-0.15, -0.1) is 11.3 Å². The lowest BCUT2D eigenvalue weighted by molar-refractivity contribution is 0.104. The van der Waals surface area contributed by atoms with E-state index in [0.29, 0.717) is 22.3 Å². The molecule has 5 rings (SSSR count). The molecule has 0 fully saturated rings. The van der Waals surface area contributed by atoms with Crippen LogP contribution in [0.1, 0.15) is 37.5 Å². The number of benzene rings is 2. The van der Waals surface area contributed by atoms with E-state index in [0.717, 1.165) is 20.8 Å². The van der Waals surface area contributed by atoms with E-state index in [1.54, 1.807) is 29.5 Å². The van der Waals surface area contributed by atoms with Crippen molar-refractivity contribution in [3.8, 4) is 23.4 Å². The van der Waals surface area contributed by atoms with E-state index in [9.17, 15) is 15.3 Å². The van der Waals surface area contributed by atoms with Gasteiger partial charge in [0, 0.05) is 34.2 Å². The molecule has 0 spiro atoms. The maximum Gasteiger partial charge on any atom is 0.194 e. The summed E-state index contributed by atoms with van der Waals surface area (Å²) in [6.07, 6.45) is 1.82. The van der Waals surface area contributed by atoms with Crippen LogP contribution in [0.2, 0.25) is 0 Å². The number of fused-ring (bicyclic) bond motifs is 2. The Kier molecular flexibility index (Phi) is 5.09. The monoisotopic (exact) mass is 459 g/mol. The van der Waals surface area contributed by atoms with Gasteiger partial charge in [0.25, 0.3) is 0 Å². The zero-order valence-electron chi connectivity index (χ0n) is 19.4. The first-order chi connectivity index (χ1) is 16.3. The van der Waals surface area contributed by atoms with E-state index in [1.165, 1.54) is 22.3 Å². The van der Waals surface area contributed by atoms with Crippen molar-refractivity contribution in [3.05, 3.63) is 92.4 Å². The number of aromatic nitrogens is 1. The smallest absolute Gasteiger partial charge is 0.194 e. The molecule has 0 atom stereocenters. The van der Waals surface area contributed by atoms with E-state index in [1.807, 2.05) is 24.3 Å². The molecule has 2 heterocycles. The average Bonchev–Trinajstić information content (AvgIpc) is 3.42. The number of rotatable bonds is 2. The van der Waals surface area contributed by atoms with Crippen LogP contribution < -0.4 is 0 Å². The maximum atomic E-state index is 13.2. The largest absolute Gasteiger partial charge is 0.343 e. The van der Waals surface area contributed by atoms with Gasteiger partial charge in [0.1, 0.15) is 17.7 Å². The summed E-state index contributed by atoms with van der Waals surface area (Å²) >= 11 is 1.60. The molecule has 1 aliphatic rings. The Balaban J connectivity index is 1.65. The van der Waals surface area contributed by atoms with Crippen molar-refractivity contribution >= 4 is 39.0 Å². The van der Waals surface area contributed by atoms with E-state index >= 15 is 0 Å². The Hall–Kier alpha value is -4.19. The molecule has 0 saturated heterocycles. The molecule has 0 aliphatic heterocycles. The minimum absolute atomic E-state index is 0.0433. The van der Waals surface area contributed by atoms with Gasteiger partial charge in [-0.1, -0.05) is 42.0 Å². The highest BCUT2D eigenvalue weighted by atomic mass is 32.1.